The number of hydrogen-bond donors (Lipinski definition) is 0. The fraction of sp³-hybridized carbons (Fsp3) is 0.833. The van der Waals surface area contributed by atoms with Crippen LogP contribution in [0.5, 0.6) is 0 Å². The third-order valence-electron chi connectivity index (χ3n) is 3.12. The third kappa shape index (κ3) is 2.12. The maximum atomic E-state index is 2.40. The van der Waals surface area contributed by atoms with Gasteiger partial charge >= 0.3 is 0 Å². The maximum Gasteiger partial charge on any atom is -0.0319 e. The Balaban J connectivity index is 0.000000336. The summed E-state index contributed by atoms with van der Waals surface area (Å²) in [5, 5.41) is 0. The van der Waals surface area contributed by atoms with E-state index in [2.05, 4.69) is 19.1 Å². The first kappa shape index (κ1) is 9.83. The number of hydrogen-bond acceptors (Lipinski definition) is 0. The molecule has 2 unspecified atom stereocenters. The van der Waals surface area contributed by atoms with Crippen LogP contribution in [0.4, 0.5) is 0 Å². The Bertz CT molecular complexity index is 130. The van der Waals surface area contributed by atoms with Gasteiger partial charge in [-0.1, -0.05) is 32.9 Å². The van der Waals surface area contributed by atoms with Gasteiger partial charge in [-0.25, -0.2) is 0 Å². The summed E-state index contributed by atoms with van der Waals surface area (Å²) in [5.41, 5.74) is 0. The molecule has 0 spiro atoms. The lowest BCUT2D eigenvalue weighted by molar-refractivity contribution is 0.380. The van der Waals surface area contributed by atoms with E-state index in [4.69, 9.17) is 0 Å². The summed E-state index contributed by atoms with van der Waals surface area (Å²) >= 11 is 0. The smallest absolute Gasteiger partial charge is 0.0319 e. The van der Waals surface area contributed by atoms with Crippen molar-refractivity contribution in [1.29, 1.82) is 0 Å². The molecule has 0 heteroatoms. The minimum atomic E-state index is 1.01. The van der Waals surface area contributed by atoms with Crippen LogP contribution in [0, 0.1) is 17.8 Å². The Kier molecular flexibility index (Phi) is 3.84. The van der Waals surface area contributed by atoms with Crippen molar-refractivity contribution in [2.45, 2.75) is 46.5 Å². The number of allylic oxidation sites excluding steroid dienone is 2. The zero-order valence-electron chi connectivity index (χ0n) is 8.72. The van der Waals surface area contributed by atoms with Gasteiger partial charge in [0.15, 0.2) is 0 Å². The van der Waals surface area contributed by atoms with Gasteiger partial charge in [-0.15, -0.1) is 0 Å². The van der Waals surface area contributed by atoms with Crippen LogP contribution in [0.15, 0.2) is 12.2 Å². The van der Waals surface area contributed by atoms with Gasteiger partial charge in [0.1, 0.15) is 0 Å². The molecule has 0 amide bonds. The zero-order chi connectivity index (χ0) is 8.97. The summed E-state index contributed by atoms with van der Waals surface area (Å²) in [6.45, 7) is 6.40. The molecule has 0 aliphatic heterocycles. The Hall–Kier alpha value is -0.260. The van der Waals surface area contributed by atoms with Crippen LogP contribution in [0.2, 0.25) is 0 Å². The van der Waals surface area contributed by atoms with E-state index in [0.717, 1.165) is 17.8 Å². The second-order valence-electron chi connectivity index (χ2n) is 4.04. The van der Waals surface area contributed by atoms with E-state index in [1.165, 1.54) is 25.7 Å². The van der Waals surface area contributed by atoms with Crippen LogP contribution < -0.4 is 0 Å². The summed E-state index contributed by atoms with van der Waals surface area (Å²) in [7, 11) is 0. The van der Waals surface area contributed by atoms with Crippen molar-refractivity contribution >= 4 is 0 Å². The highest BCUT2D eigenvalue weighted by Crippen LogP contribution is 2.42. The summed E-state index contributed by atoms with van der Waals surface area (Å²) in [4.78, 5) is 0. The molecule has 0 aromatic heterocycles. The quantitative estimate of drug-likeness (QED) is 0.477. The van der Waals surface area contributed by atoms with Crippen molar-refractivity contribution in [3.63, 3.8) is 0 Å². The molecule has 0 N–H and O–H groups in total. The monoisotopic (exact) mass is 166 g/mol. The summed E-state index contributed by atoms with van der Waals surface area (Å²) in [6, 6.07) is 0. The highest BCUT2D eigenvalue weighted by molar-refractivity contribution is 4.98. The van der Waals surface area contributed by atoms with E-state index in [1.807, 2.05) is 13.8 Å². The lowest BCUT2D eigenvalue weighted by Gasteiger charge is -2.19. The topological polar surface area (TPSA) is 0 Å². The molecule has 0 nitrogen and oxygen atoms in total. The molecule has 70 valence electrons. The Morgan fingerprint density at radius 1 is 0.917 bits per heavy atom. The van der Waals surface area contributed by atoms with Crippen LogP contribution in [-0.2, 0) is 0 Å². The Morgan fingerprint density at radius 3 is 1.75 bits per heavy atom. The zero-order valence-corrected chi connectivity index (χ0v) is 8.72. The summed E-state index contributed by atoms with van der Waals surface area (Å²) < 4.78 is 0. The Morgan fingerprint density at radius 2 is 1.33 bits per heavy atom. The molecular weight excluding hydrogens is 144 g/mol. The van der Waals surface area contributed by atoms with Gasteiger partial charge in [-0.3, -0.25) is 0 Å². The second kappa shape index (κ2) is 4.69. The molecule has 2 rings (SSSR count). The lowest BCUT2D eigenvalue weighted by atomic mass is 9.86. The van der Waals surface area contributed by atoms with E-state index in [9.17, 15) is 0 Å². The van der Waals surface area contributed by atoms with Crippen molar-refractivity contribution in [3.05, 3.63) is 12.2 Å². The molecular formula is C12H22. The molecule has 0 aromatic carbocycles. The highest BCUT2D eigenvalue weighted by atomic mass is 14.4. The van der Waals surface area contributed by atoms with Crippen molar-refractivity contribution in [2.24, 2.45) is 17.8 Å². The molecule has 0 saturated heterocycles. The molecule has 12 heavy (non-hydrogen) atoms. The SMILES string of the molecule is CC.CC1CC2CC=CCC2C1. The molecule has 0 bridgehead atoms. The molecule has 1 fully saturated rings. The van der Waals surface area contributed by atoms with Crippen molar-refractivity contribution in [2.75, 3.05) is 0 Å². The summed E-state index contributed by atoms with van der Waals surface area (Å²) in [6.07, 6.45) is 10.5. The van der Waals surface area contributed by atoms with Crippen molar-refractivity contribution in [1.82, 2.24) is 0 Å². The lowest BCUT2D eigenvalue weighted by Crippen LogP contribution is -2.08. The molecule has 2 aliphatic rings. The molecule has 0 aromatic rings. The van der Waals surface area contributed by atoms with Crippen LogP contribution in [0.1, 0.15) is 46.5 Å². The normalized spacial score (nSPS) is 38.4. The Labute approximate surface area is 77.1 Å². The number of fused-ring (bicyclic) bond motifs is 1. The van der Waals surface area contributed by atoms with Crippen LogP contribution in [0.25, 0.3) is 0 Å². The molecule has 0 radical (unpaired) electrons. The van der Waals surface area contributed by atoms with Gasteiger partial charge < -0.3 is 0 Å². The average Bonchev–Trinajstić information content (AvgIpc) is 2.48. The van der Waals surface area contributed by atoms with E-state index in [1.54, 1.807) is 0 Å². The van der Waals surface area contributed by atoms with Gasteiger partial charge in [-0.2, -0.15) is 0 Å². The average molecular weight is 166 g/mol. The second-order valence-corrected chi connectivity index (χ2v) is 4.04. The van der Waals surface area contributed by atoms with Gasteiger partial charge in [0.2, 0.25) is 0 Å². The van der Waals surface area contributed by atoms with Crippen molar-refractivity contribution in [3.8, 4) is 0 Å². The van der Waals surface area contributed by atoms with Gasteiger partial charge in [-0.05, 0) is 43.4 Å². The predicted octanol–water partition coefficient (Wildman–Crippen LogP) is 4.02. The standard InChI is InChI=1S/C10H16.C2H6/c1-8-6-9-4-2-3-5-10(9)7-8;1-2/h2-3,8-10H,4-7H2,1H3;1-2H3. The first-order valence-electron chi connectivity index (χ1n) is 5.51. The number of rotatable bonds is 0. The van der Waals surface area contributed by atoms with E-state index in [0.29, 0.717) is 0 Å². The predicted molar refractivity (Wildman–Crippen MR) is 55.1 cm³/mol. The van der Waals surface area contributed by atoms with Gasteiger partial charge in [0.05, 0.1) is 0 Å². The van der Waals surface area contributed by atoms with Crippen LogP contribution in [0.3, 0.4) is 0 Å². The summed E-state index contributed by atoms with van der Waals surface area (Å²) in [5.74, 6) is 3.12. The minimum Gasteiger partial charge on any atom is -0.0882 e. The van der Waals surface area contributed by atoms with E-state index >= 15 is 0 Å². The van der Waals surface area contributed by atoms with E-state index in [-0.39, 0.29) is 0 Å². The largest absolute Gasteiger partial charge is 0.0882 e. The first-order valence-corrected chi connectivity index (χ1v) is 5.51. The minimum absolute atomic E-state index is 1.01. The fourth-order valence-electron chi connectivity index (χ4n) is 2.63. The molecule has 2 aliphatic carbocycles. The van der Waals surface area contributed by atoms with Crippen LogP contribution in [-0.4, -0.2) is 0 Å². The molecule has 1 saturated carbocycles. The molecule has 2 atom stereocenters. The fourth-order valence-corrected chi connectivity index (χ4v) is 2.63. The third-order valence-corrected chi connectivity index (χ3v) is 3.12. The highest BCUT2D eigenvalue weighted by Gasteiger charge is 2.31. The van der Waals surface area contributed by atoms with E-state index < -0.39 is 0 Å². The van der Waals surface area contributed by atoms with Crippen molar-refractivity contribution < 1.29 is 0 Å². The van der Waals surface area contributed by atoms with Gasteiger partial charge in [0.25, 0.3) is 0 Å². The van der Waals surface area contributed by atoms with Crippen LogP contribution >= 0.6 is 0 Å². The molecule has 0 heterocycles. The van der Waals surface area contributed by atoms with Gasteiger partial charge in [0, 0.05) is 0 Å². The maximum absolute atomic E-state index is 2.40. The first-order chi connectivity index (χ1) is 5.86.